The topological polar surface area (TPSA) is 46.9 Å². The van der Waals surface area contributed by atoms with Crippen molar-refractivity contribution in [2.75, 3.05) is 0 Å². The van der Waals surface area contributed by atoms with E-state index < -0.39 is 0 Å². The summed E-state index contributed by atoms with van der Waals surface area (Å²) < 4.78 is 2.01. The smallest absolute Gasteiger partial charge is 0.272 e. The van der Waals surface area contributed by atoms with Crippen molar-refractivity contribution in [2.45, 2.75) is 85.2 Å². The van der Waals surface area contributed by atoms with Crippen molar-refractivity contribution in [1.82, 2.24) is 15.1 Å². The lowest BCUT2D eigenvalue weighted by Crippen LogP contribution is -2.40. The summed E-state index contributed by atoms with van der Waals surface area (Å²) in [6.45, 7) is 15.5. The van der Waals surface area contributed by atoms with Gasteiger partial charge >= 0.3 is 0 Å². The van der Waals surface area contributed by atoms with Crippen LogP contribution in [0.2, 0.25) is 0 Å². The Balaban J connectivity index is 3.00. The van der Waals surface area contributed by atoms with Crippen molar-refractivity contribution in [1.29, 1.82) is 0 Å². The minimum absolute atomic E-state index is 0.0144. The Morgan fingerprint density at radius 1 is 1.19 bits per heavy atom. The maximum atomic E-state index is 12.3. The summed E-state index contributed by atoms with van der Waals surface area (Å²) >= 11 is 0. The molecule has 0 aromatic carbocycles. The van der Waals surface area contributed by atoms with Gasteiger partial charge in [-0.2, -0.15) is 5.10 Å². The molecular weight excluding hydrogens is 262 g/mol. The first-order valence-corrected chi connectivity index (χ1v) is 7.95. The molecule has 0 saturated carbocycles. The van der Waals surface area contributed by atoms with Crippen molar-refractivity contribution < 1.29 is 4.79 Å². The van der Waals surface area contributed by atoms with Gasteiger partial charge in [0.1, 0.15) is 5.69 Å². The van der Waals surface area contributed by atoms with Crippen molar-refractivity contribution >= 4 is 5.91 Å². The van der Waals surface area contributed by atoms with Crippen LogP contribution in [-0.4, -0.2) is 21.2 Å². The van der Waals surface area contributed by atoms with E-state index in [4.69, 9.17) is 0 Å². The van der Waals surface area contributed by atoms with Crippen LogP contribution in [0.25, 0.3) is 0 Å². The largest absolute Gasteiger partial charge is 0.346 e. The third-order valence-electron chi connectivity index (χ3n) is 3.24. The van der Waals surface area contributed by atoms with Crippen LogP contribution in [0.4, 0.5) is 0 Å². The van der Waals surface area contributed by atoms with E-state index in [1.165, 1.54) is 12.8 Å². The molecule has 1 rings (SSSR count). The number of nitrogens with zero attached hydrogens (tertiary/aromatic N) is 2. The molecule has 21 heavy (non-hydrogen) atoms. The van der Waals surface area contributed by atoms with Crippen LogP contribution in [-0.2, 0) is 12.0 Å². The Morgan fingerprint density at radius 3 is 2.29 bits per heavy atom. The van der Waals surface area contributed by atoms with Crippen LogP contribution in [0.1, 0.15) is 83.9 Å². The van der Waals surface area contributed by atoms with E-state index in [0.29, 0.717) is 5.69 Å². The predicted octanol–water partition coefficient (Wildman–Crippen LogP) is 3.90. The van der Waals surface area contributed by atoms with Crippen LogP contribution in [0.5, 0.6) is 0 Å². The van der Waals surface area contributed by atoms with Gasteiger partial charge in [-0.3, -0.25) is 9.48 Å². The Labute approximate surface area is 129 Å². The molecule has 1 aromatic rings. The Hall–Kier alpha value is -1.32. The molecule has 1 N–H and O–H groups in total. The maximum Gasteiger partial charge on any atom is 0.272 e. The highest BCUT2D eigenvalue weighted by Gasteiger charge is 2.24. The van der Waals surface area contributed by atoms with E-state index in [2.05, 4.69) is 38.1 Å². The lowest BCUT2D eigenvalue weighted by molar-refractivity contribution is 0.0913. The predicted molar refractivity (Wildman–Crippen MR) is 87.7 cm³/mol. The molecule has 0 saturated heterocycles. The first-order chi connectivity index (χ1) is 9.54. The minimum atomic E-state index is -0.245. The molecule has 0 aliphatic heterocycles. The summed E-state index contributed by atoms with van der Waals surface area (Å²) in [6, 6.07) is 1.94. The molecule has 0 fully saturated rings. The number of unbranched alkanes of at least 4 members (excludes halogenated alkanes) is 2. The number of hydrogen-bond acceptors (Lipinski definition) is 2. The first kappa shape index (κ1) is 17.7. The zero-order chi connectivity index (χ0) is 16.3. The van der Waals surface area contributed by atoms with Gasteiger partial charge in [-0.05, 0) is 33.3 Å². The van der Waals surface area contributed by atoms with Crippen molar-refractivity contribution in [3.05, 3.63) is 17.5 Å². The number of carbonyl (C=O) groups excluding carboxylic acids is 1. The molecule has 0 spiro atoms. The highest BCUT2D eigenvalue weighted by atomic mass is 16.2. The summed E-state index contributed by atoms with van der Waals surface area (Å²) in [6.07, 6.45) is 3.47. The second kappa shape index (κ2) is 6.63. The molecule has 4 heteroatoms. The fourth-order valence-electron chi connectivity index (χ4n) is 2.22. The van der Waals surface area contributed by atoms with Gasteiger partial charge in [0.25, 0.3) is 5.91 Å². The second-order valence-corrected chi connectivity index (χ2v) is 7.80. The lowest BCUT2D eigenvalue weighted by atomic mass is 9.91. The molecule has 0 atom stereocenters. The fraction of sp³-hybridized carbons (Fsp3) is 0.765. The maximum absolute atomic E-state index is 12.3. The van der Waals surface area contributed by atoms with Gasteiger partial charge in [0.05, 0.1) is 0 Å². The Bertz CT molecular complexity index is 475. The highest BCUT2D eigenvalue weighted by Crippen LogP contribution is 2.24. The Morgan fingerprint density at radius 2 is 1.81 bits per heavy atom. The van der Waals surface area contributed by atoms with Gasteiger partial charge in [0.15, 0.2) is 0 Å². The molecule has 0 aliphatic rings. The Kier molecular flexibility index (Phi) is 5.60. The van der Waals surface area contributed by atoms with Gasteiger partial charge in [0.2, 0.25) is 0 Å². The molecule has 0 radical (unpaired) electrons. The average molecular weight is 293 g/mol. The number of hydrogen-bond donors (Lipinski definition) is 1. The van der Waals surface area contributed by atoms with Crippen LogP contribution in [0.15, 0.2) is 6.07 Å². The summed E-state index contributed by atoms with van der Waals surface area (Å²) in [5.74, 6) is -0.0951. The van der Waals surface area contributed by atoms with Crippen molar-refractivity contribution in [2.24, 2.45) is 0 Å². The molecule has 4 nitrogen and oxygen atoms in total. The van der Waals surface area contributed by atoms with E-state index in [1.54, 1.807) is 0 Å². The van der Waals surface area contributed by atoms with Crippen LogP contribution < -0.4 is 5.32 Å². The normalized spacial score (nSPS) is 12.5. The van der Waals surface area contributed by atoms with Crippen LogP contribution in [0, 0.1) is 0 Å². The van der Waals surface area contributed by atoms with E-state index in [1.807, 2.05) is 31.5 Å². The molecule has 120 valence electrons. The van der Waals surface area contributed by atoms with Gasteiger partial charge in [-0.25, -0.2) is 0 Å². The second-order valence-electron chi connectivity index (χ2n) is 7.80. The van der Waals surface area contributed by atoms with Gasteiger partial charge in [-0.1, -0.05) is 40.5 Å². The zero-order valence-electron chi connectivity index (χ0n) is 14.7. The van der Waals surface area contributed by atoms with Crippen molar-refractivity contribution in [3.8, 4) is 0 Å². The SMILES string of the molecule is CCCCCn1nc(C(=O)NC(C)(C)C)cc1C(C)(C)C. The number of rotatable bonds is 5. The van der Waals surface area contributed by atoms with E-state index >= 15 is 0 Å². The molecule has 0 aliphatic carbocycles. The summed E-state index contributed by atoms with van der Waals surface area (Å²) in [5, 5.41) is 7.52. The molecule has 1 amide bonds. The number of nitrogens with one attached hydrogen (secondary N) is 1. The van der Waals surface area contributed by atoms with Gasteiger partial charge < -0.3 is 5.32 Å². The fourth-order valence-corrected chi connectivity index (χ4v) is 2.22. The lowest BCUT2D eigenvalue weighted by Gasteiger charge is -2.20. The molecule has 0 bridgehead atoms. The summed E-state index contributed by atoms with van der Waals surface area (Å²) in [4.78, 5) is 12.3. The van der Waals surface area contributed by atoms with Crippen molar-refractivity contribution in [3.63, 3.8) is 0 Å². The average Bonchev–Trinajstić information content (AvgIpc) is 2.71. The number of aryl methyl sites for hydroxylation is 1. The zero-order valence-corrected chi connectivity index (χ0v) is 14.7. The third kappa shape index (κ3) is 5.52. The van der Waals surface area contributed by atoms with E-state index in [-0.39, 0.29) is 16.9 Å². The molecule has 0 unspecified atom stereocenters. The number of amides is 1. The quantitative estimate of drug-likeness (QED) is 0.837. The number of carbonyl (C=O) groups is 1. The number of aromatic nitrogens is 2. The van der Waals surface area contributed by atoms with E-state index in [0.717, 1.165) is 18.7 Å². The van der Waals surface area contributed by atoms with Gasteiger partial charge in [-0.15, -0.1) is 0 Å². The third-order valence-corrected chi connectivity index (χ3v) is 3.24. The van der Waals surface area contributed by atoms with Gasteiger partial charge in [0, 0.05) is 23.2 Å². The molecular formula is C17H31N3O. The standard InChI is InChI=1S/C17H31N3O/c1-8-9-10-11-20-14(16(2,3)4)12-13(19-20)15(21)18-17(5,6)7/h12H,8-11H2,1-7H3,(H,18,21). The first-order valence-electron chi connectivity index (χ1n) is 7.95. The summed E-state index contributed by atoms with van der Waals surface area (Å²) in [5.41, 5.74) is 1.38. The van der Waals surface area contributed by atoms with E-state index in [9.17, 15) is 4.79 Å². The molecule has 1 aromatic heterocycles. The monoisotopic (exact) mass is 293 g/mol. The van der Waals surface area contributed by atoms with Crippen LogP contribution in [0.3, 0.4) is 0 Å². The molecule has 1 heterocycles. The highest BCUT2D eigenvalue weighted by molar-refractivity contribution is 5.92. The van der Waals surface area contributed by atoms with Crippen LogP contribution >= 0.6 is 0 Å². The minimum Gasteiger partial charge on any atom is -0.346 e. The summed E-state index contributed by atoms with van der Waals surface area (Å²) in [7, 11) is 0.